The van der Waals surface area contributed by atoms with E-state index in [1.807, 2.05) is 37.3 Å². The number of hydrogen-bond acceptors (Lipinski definition) is 5. The van der Waals surface area contributed by atoms with Crippen molar-refractivity contribution in [2.75, 3.05) is 0 Å². The number of carbonyl (C=O) groups excluding carboxylic acids is 2. The molecule has 2 heterocycles. The van der Waals surface area contributed by atoms with Gasteiger partial charge >= 0.3 is 0 Å². The molecular weight excluding hydrogens is 396 g/mol. The molecule has 0 saturated carbocycles. The van der Waals surface area contributed by atoms with E-state index >= 15 is 0 Å². The lowest BCUT2D eigenvalue weighted by Gasteiger charge is -2.11. The van der Waals surface area contributed by atoms with Crippen molar-refractivity contribution in [3.63, 3.8) is 0 Å². The minimum atomic E-state index is -0.628. The predicted octanol–water partition coefficient (Wildman–Crippen LogP) is 2.07. The normalized spacial score (nSPS) is 10.7. The minimum absolute atomic E-state index is 0.0544. The molecule has 0 saturated heterocycles. The summed E-state index contributed by atoms with van der Waals surface area (Å²) in [4.78, 5) is 37.7. The summed E-state index contributed by atoms with van der Waals surface area (Å²) >= 11 is 0. The summed E-state index contributed by atoms with van der Waals surface area (Å²) in [6.45, 7) is 2.30. The second-order valence-electron chi connectivity index (χ2n) is 6.81. The van der Waals surface area contributed by atoms with Gasteiger partial charge in [-0.25, -0.2) is 9.36 Å². The Hall–Kier alpha value is -4.27. The van der Waals surface area contributed by atoms with Crippen LogP contribution in [0, 0.1) is 0 Å². The Morgan fingerprint density at radius 2 is 1.55 bits per heavy atom. The summed E-state index contributed by atoms with van der Waals surface area (Å²) in [6.07, 6.45) is 2.34. The first-order valence-corrected chi connectivity index (χ1v) is 9.80. The Kier molecular flexibility index (Phi) is 5.57. The van der Waals surface area contributed by atoms with Gasteiger partial charge in [-0.05, 0) is 30.7 Å². The van der Waals surface area contributed by atoms with Gasteiger partial charge in [0.05, 0.1) is 11.1 Å². The van der Waals surface area contributed by atoms with E-state index in [2.05, 4.69) is 21.0 Å². The van der Waals surface area contributed by atoms with Crippen LogP contribution in [0.15, 0.2) is 71.7 Å². The molecule has 9 heteroatoms. The smallest absolute Gasteiger partial charge is 0.267 e. The maximum absolute atomic E-state index is 12.8. The third-order valence-corrected chi connectivity index (χ3v) is 4.65. The highest BCUT2D eigenvalue weighted by molar-refractivity contribution is 6.05. The number of benzene rings is 2. The fraction of sp³-hybridized carbons (Fsp3) is 0.136. The first-order chi connectivity index (χ1) is 15.1. The molecule has 4 rings (SSSR count). The molecule has 31 heavy (non-hydrogen) atoms. The molecule has 0 aliphatic heterocycles. The molecule has 0 aliphatic rings. The van der Waals surface area contributed by atoms with Gasteiger partial charge in [0.15, 0.2) is 11.4 Å². The van der Waals surface area contributed by atoms with E-state index in [1.54, 1.807) is 41.2 Å². The zero-order valence-corrected chi connectivity index (χ0v) is 16.8. The van der Waals surface area contributed by atoms with Gasteiger partial charge in [0.1, 0.15) is 0 Å². The maximum atomic E-state index is 12.8. The first kappa shape index (κ1) is 20.0. The molecule has 0 atom stereocenters. The number of para-hydroxylation sites is 1. The Balaban J connectivity index is 1.53. The summed E-state index contributed by atoms with van der Waals surface area (Å²) in [5.41, 5.74) is 5.45. The Morgan fingerprint density at radius 3 is 2.29 bits per heavy atom. The Labute approximate surface area is 177 Å². The van der Waals surface area contributed by atoms with Crippen LogP contribution in [-0.4, -0.2) is 31.4 Å². The highest BCUT2D eigenvalue weighted by atomic mass is 16.2. The minimum Gasteiger partial charge on any atom is -0.267 e. The molecule has 0 radical (unpaired) electrons. The monoisotopic (exact) mass is 416 g/mol. The molecule has 156 valence electrons. The van der Waals surface area contributed by atoms with Gasteiger partial charge in [-0.1, -0.05) is 43.3 Å². The van der Waals surface area contributed by atoms with Gasteiger partial charge in [0, 0.05) is 18.1 Å². The lowest BCUT2D eigenvalue weighted by Crippen LogP contribution is -2.43. The van der Waals surface area contributed by atoms with E-state index in [1.165, 1.54) is 4.68 Å². The average molecular weight is 416 g/mol. The van der Waals surface area contributed by atoms with Crippen LogP contribution >= 0.6 is 0 Å². The first-order valence-electron chi connectivity index (χ1n) is 9.80. The number of aromatic nitrogens is 4. The number of hydrazine groups is 1. The summed E-state index contributed by atoms with van der Waals surface area (Å²) in [5, 5.41) is 9.24. The zero-order chi connectivity index (χ0) is 21.8. The van der Waals surface area contributed by atoms with Gasteiger partial charge in [-0.15, -0.1) is 0 Å². The number of aryl methyl sites for hydroxylation is 1. The summed E-state index contributed by atoms with van der Waals surface area (Å²) in [6, 6.07) is 17.6. The van der Waals surface area contributed by atoms with Crippen LogP contribution in [0.25, 0.3) is 16.5 Å². The van der Waals surface area contributed by atoms with Gasteiger partial charge in [-0.2, -0.15) is 10.2 Å². The van der Waals surface area contributed by atoms with Crippen molar-refractivity contribution in [2.45, 2.75) is 19.9 Å². The molecule has 0 unspecified atom stereocenters. The molecule has 9 nitrogen and oxygen atoms in total. The number of carbonyl (C=O) groups is 2. The van der Waals surface area contributed by atoms with Crippen LogP contribution in [0.2, 0.25) is 0 Å². The second kappa shape index (κ2) is 8.62. The van der Waals surface area contributed by atoms with Gasteiger partial charge < -0.3 is 0 Å². The van der Waals surface area contributed by atoms with Gasteiger partial charge in [0.2, 0.25) is 0 Å². The Morgan fingerprint density at radius 1 is 0.871 bits per heavy atom. The molecule has 2 amide bonds. The summed E-state index contributed by atoms with van der Waals surface area (Å²) in [5.74, 6) is -1.20. The van der Waals surface area contributed by atoms with Crippen molar-refractivity contribution in [3.8, 4) is 5.69 Å². The van der Waals surface area contributed by atoms with Crippen LogP contribution in [0.3, 0.4) is 0 Å². The summed E-state index contributed by atoms with van der Waals surface area (Å²) < 4.78 is 2.83. The topological polar surface area (TPSA) is 111 Å². The van der Waals surface area contributed by atoms with Crippen molar-refractivity contribution in [1.82, 2.24) is 30.4 Å². The number of fused-ring (bicyclic) bond motifs is 1. The van der Waals surface area contributed by atoms with Crippen molar-refractivity contribution in [3.05, 3.63) is 88.6 Å². The predicted molar refractivity (Wildman–Crippen MR) is 115 cm³/mol. The maximum Gasteiger partial charge on any atom is 0.290 e. The Bertz CT molecular complexity index is 1310. The molecule has 0 bridgehead atoms. The molecular formula is C22H20N6O3. The van der Waals surface area contributed by atoms with Crippen molar-refractivity contribution in [2.24, 2.45) is 0 Å². The van der Waals surface area contributed by atoms with Crippen LogP contribution < -0.4 is 16.4 Å². The second-order valence-corrected chi connectivity index (χ2v) is 6.81. The van der Waals surface area contributed by atoms with Gasteiger partial charge in [-0.3, -0.25) is 25.2 Å². The van der Waals surface area contributed by atoms with Crippen LogP contribution in [-0.2, 0) is 6.54 Å². The number of rotatable bonds is 5. The SMILES string of the molecule is CCCn1nc(C(=O)NNC(=O)c2ccn(-c3ccccc3)n2)c2ccccc2c1=O. The third-order valence-electron chi connectivity index (χ3n) is 4.65. The standard InChI is InChI=1S/C22H20N6O3/c1-2-13-28-22(31)17-11-7-6-10-16(17)19(26-28)21(30)24-23-20(29)18-12-14-27(25-18)15-8-4-3-5-9-15/h3-12,14H,2,13H2,1H3,(H,23,29)(H,24,30). The number of nitrogens with one attached hydrogen (secondary N) is 2. The molecule has 2 aromatic heterocycles. The zero-order valence-electron chi connectivity index (χ0n) is 16.8. The van der Waals surface area contributed by atoms with E-state index < -0.39 is 11.8 Å². The molecule has 2 aromatic carbocycles. The summed E-state index contributed by atoms with van der Waals surface area (Å²) in [7, 11) is 0. The highest BCUT2D eigenvalue weighted by Crippen LogP contribution is 2.13. The fourth-order valence-electron chi connectivity index (χ4n) is 3.17. The average Bonchev–Trinajstić information content (AvgIpc) is 3.30. The number of hydrogen-bond donors (Lipinski definition) is 2. The van der Waals surface area contributed by atoms with Crippen LogP contribution in [0.5, 0.6) is 0 Å². The van der Waals surface area contributed by atoms with E-state index in [0.717, 1.165) is 5.69 Å². The van der Waals surface area contributed by atoms with E-state index in [0.29, 0.717) is 23.7 Å². The van der Waals surface area contributed by atoms with E-state index in [-0.39, 0.29) is 16.9 Å². The number of nitrogens with zero attached hydrogens (tertiary/aromatic N) is 4. The molecule has 4 aromatic rings. The van der Waals surface area contributed by atoms with Crippen LogP contribution in [0.1, 0.15) is 34.3 Å². The fourth-order valence-corrected chi connectivity index (χ4v) is 3.17. The van der Waals surface area contributed by atoms with Crippen molar-refractivity contribution in [1.29, 1.82) is 0 Å². The third kappa shape index (κ3) is 4.06. The number of amides is 2. The van der Waals surface area contributed by atoms with Gasteiger partial charge in [0.25, 0.3) is 17.4 Å². The van der Waals surface area contributed by atoms with E-state index in [9.17, 15) is 14.4 Å². The largest absolute Gasteiger partial charge is 0.290 e. The molecule has 0 aliphatic carbocycles. The molecule has 2 N–H and O–H groups in total. The lowest BCUT2D eigenvalue weighted by atomic mass is 10.1. The van der Waals surface area contributed by atoms with Crippen molar-refractivity contribution >= 4 is 22.6 Å². The van der Waals surface area contributed by atoms with Crippen molar-refractivity contribution < 1.29 is 9.59 Å². The van der Waals surface area contributed by atoms with Crippen LogP contribution in [0.4, 0.5) is 0 Å². The molecule has 0 fully saturated rings. The highest BCUT2D eigenvalue weighted by Gasteiger charge is 2.18. The quantitative estimate of drug-likeness (QED) is 0.484. The molecule has 0 spiro atoms. The van der Waals surface area contributed by atoms with E-state index in [4.69, 9.17) is 0 Å². The lowest BCUT2D eigenvalue weighted by molar-refractivity contribution is 0.0840.